The Morgan fingerprint density at radius 3 is 2.28 bits per heavy atom. The summed E-state index contributed by atoms with van der Waals surface area (Å²) in [5, 5.41) is 0. The van der Waals surface area contributed by atoms with Gasteiger partial charge < -0.3 is 14.4 Å². The molecule has 2 fully saturated rings. The summed E-state index contributed by atoms with van der Waals surface area (Å²) in [6.45, 7) is 7.86. The maximum Gasteiger partial charge on any atom is 0.410 e. The molecule has 1 amide bonds. The third-order valence-corrected chi connectivity index (χ3v) is 6.10. The van der Waals surface area contributed by atoms with E-state index < -0.39 is 5.60 Å². The molecule has 2 aromatic rings. The minimum atomic E-state index is -0.476. The van der Waals surface area contributed by atoms with Gasteiger partial charge in [-0.3, -0.25) is 0 Å². The van der Waals surface area contributed by atoms with E-state index in [0.29, 0.717) is 19.1 Å². The number of benzene rings is 2. The molecule has 1 saturated heterocycles. The molecule has 29 heavy (non-hydrogen) atoms. The second kappa shape index (κ2) is 7.83. The number of rotatable bonds is 4. The van der Waals surface area contributed by atoms with Crippen molar-refractivity contribution in [1.82, 2.24) is 4.90 Å². The van der Waals surface area contributed by atoms with Crippen LogP contribution in [0.2, 0.25) is 0 Å². The highest BCUT2D eigenvalue weighted by Crippen LogP contribution is 2.57. The molecule has 2 aliphatic rings. The van der Waals surface area contributed by atoms with Crippen molar-refractivity contribution in [3.05, 3.63) is 71.8 Å². The predicted octanol–water partition coefficient (Wildman–Crippen LogP) is 5.39. The molecular weight excluding hydrogens is 362 g/mol. The summed E-state index contributed by atoms with van der Waals surface area (Å²) in [5.41, 5.74) is 2.12. The van der Waals surface area contributed by atoms with Crippen LogP contribution in [0.3, 0.4) is 0 Å². The summed E-state index contributed by atoms with van der Waals surface area (Å²) in [4.78, 5) is 14.6. The Morgan fingerprint density at radius 1 is 1.03 bits per heavy atom. The lowest BCUT2D eigenvalue weighted by molar-refractivity contribution is -0.0899. The third kappa shape index (κ3) is 4.48. The molecule has 4 rings (SSSR count). The van der Waals surface area contributed by atoms with E-state index in [-0.39, 0.29) is 17.6 Å². The van der Waals surface area contributed by atoms with Gasteiger partial charge in [-0.25, -0.2) is 4.79 Å². The molecule has 0 aromatic heterocycles. The number of nitrogens with zero attached hydrogens (tertiary/aromatic N) is 1. The van der Waals surface area contributed by atoms with Crippen molar-refractivity contribution in [2.45, 2.75) is 57.8 Å². The van der Waals surface area contributed by atoms with E-state index in [0.717, 1.165) is 19.4 Å². The number of likely N-dealkylation sites (tertiary alicyclic amines) is 1. The fourth-order valence-corrected chi connectivity index (χ4v) is 4.75. The number of amides is 1. The van der Waals surface area contributed by atoms with Gasteiger partial charge in [0.25, 0.3) is 0 Å². The van der Waals surface area contributed by atoms with E-state index in [4.69, 9.17) is 9.47 Å². The van der Waals surface area contributed by atoms with Crippen molar-refractivity contribution in [3.8, 4) is 0 Å². The van der Waals surface area contributed by atoms with E-state index in [1.54, 1.807) is 0 Å². The van der Waals surface area contributed by atoms with Gasteiger partial charge in [-0.1, -0.05) is 60.7 Å². The summed E-state index contributed by atoms with van der Waals surface area (Å²) in [6, 6.07) is 20.9. The lowest BCUT2D eigenvalue weighted by Crippen LogP contribution is -2.47. The highest BCUT2D eigenvalue weighted by Gasteiger charge is 2.56. The molecule has 0 bridgehead atoms. The maximum atomic E-state index is 12.7. The van der Waals surface area contributed by atoms with Gasteiger partial charge in [0.1, 0.15) is 5.60 Å². The molecule has 4 nitrogen and oxygen atoms in total. The molecule has 1 heterocycles. The maximum absolute atomic E-state index is 12.7. The minimum absolute atomic E-state index is 0.0829. The summed E-state index contributed by atoms with van der Waals surface area (Å²) in [6.07, 6.45) is 2.01. The normalized spacial score (nSPS) is 26.4. The Kier molecular flexibility index (Phi) is 5.39. The molecule has 1 atom stereocenters. The number of hydrogen-bond acceptors (Lipinski definition) is 3. The molecule has 1 aliphatic carbocycles. The zero-order valence-electron chi connectivity index (χ0n) is 17.6. The molecule has 0 N–H and O–H groups in total. The number of hydrogen-bond donors (Lipinski definition) is 0. The molecule has 1 saturated carbocycles. The zero-order valence-corrected chi connectivity index (χ0v) is 17.6. The molecule has 1 spiro atoms. The van der Waals surface area contributed by atoms with Crippen LogP contribution in [0, 0.1) is 5.41 Å². The van der Waals surface area contributed by atoms with Crippen LogP contribution in [0.1, 0.15) is 50.7 Å². The lowest BCUT2D eigenvalue weighted by Gasteiger charge is -2.48. The van der Waals surface area contributed by atoms with Gasteiger partial charge in [0.05, 0.1) is 12.7 Å². The first-order chi connectivity index (χ1) is 13.8. The highest BCUT2D eigenvalue weighted by molar-refractivity contribution is 5.69. The van der Waals surface area contributed by atoms with Crippen molar-refractivity contribution in [2.24, 2.45) is 5.41 Å². The second-order valence-electron chi connectivity index (χ2n) is 9.51. The van der Waals surface area contributed by atoms with Crippen molar-refractivity contribution in [2.75, 3.05) is 13.1 Å². The molecule has 4 heteroatoms. The van der Waals surface area contributed by atoms with Crippen LogP contribution >= 0.6 is 0 Å². The quantitative estimate of drug-likeness (QED) is 0.699. The molecule has 2 aromatic carbocycles. The molecule has 1 aliphatic heterocycles. The van der Waals surface area contributed by atoms with Crippen LogP contribution < -0.4 is 0 Å². The number of carbonyl (C=O) groups is 1. The minimum Gasteiger partial charge on any atom is -0.444 e. The van der Waals surface area contributed by atoms with Gasteiger partial charge in [0.15, 0.2) is 0 Å². The van der Waals surface area contributed by atoms with E-state index in [9.17, 15) is 4.79 Å². The Balaban J connectivity index is 1.44. The van der Waals surface area contributed by atoms with E-state index in [2.05, 4.69) is 36.4 Å². The van der Waals surface area contributed by atoms with Crippen LogP contribution in [0.15, 0.2) is 60.7 Å². The second-order valence-corrected chi connectivity index (χ2v) is 9.51. The molecule has 1 unspecified atom stereocenters. The van der Waals surface area contributed by atoms with Crippen molar-refractivity contribution in [3.63, 3.8) is 0 Å². The first-order valence-electron chi connectivity index (χ1n) is 10.5. The van der Waals surface area contributed by atoms with Gasteiger partial charge in [0.2, 0.25) is 0 Å². The average Bonchev–Trinajstić information content (AvgIpc) is 3.07. The summed E-state index contributed by atoms with van der Waals surface area (Å²) in [5.74, 6) is 0.327. The highest BCUT2D eigenvalue weighted by atomic mass is 16.6. The van der Waals surface area contributed by atoms with E-state index in [1.165, 1.54) is 11.1 Å². The topological polar surface area (TPSA) is 38.8 Å². The average molecular weight is 394 g/mol. The van der Waals surface area contributed by atoms with Crippen molar-refractivity contribution >= 4 is 6.09 Å². The van der Waals surface area contributed by atoms with Gasteiger partial charge in [-0.2, -0.15) is 0 Å². The van der Waals surface area contributed by atoms with Gasteiger partial charge in [-0.05, 0) is 44.7 Å². The predicted molar refractivity (Wildman–Crippen MR) is 114 cm³/mol. The SMILES string of the molecule is CC(C)(C)OC(=O)N1CC(c2ccccc2)C2(CC(OCc3ccccc3)C2)C1. The van der Waals surface area contributed by atoms with Crippen LogP contribution in [0.4, 0.5) is 4.79 Å². The molecule has 0 radical (unpaired) electrons. The Hall–Kier alpha value is -2.33. The summed E-state index contributed by atoms with van der Waals surface area (Å²) in [7, 11) is 0. The van der Waals surface area contributed by atoms with E-state index >= 15 is 0 Å². The van der Waals surface area contributed by atoms with Crippen molar-refractivity contribution < 1.29 is 14.3 Å². The number of carbonyl (C=O) groups excluding carboxylic acids is 1. The summed E-state index contributed by atoms with van der Waals surface area (Å²) < 4.78 is 11.8. The fraction of sp³-hybridized carbons (Fsp3) is 0.480. The van der Waals surface area contributed by atoms with Crippen LogP contribution in [-0.2, 0) is 16.1 Å². The smallest absolute Gasteiger partial charge is 0.410 e. The van der Waals surface area contributed by atoms with Gasteiger partial charge in [0, 0.05) is 24.4 Å². The van der Waals surface area contributed by atoms with Gasteiger partial charge >= 0.3 is 6.09 Å². The molecule has 154 valence electrons. The third-order valence-electron chi connectivity index (χ3n) is 6.10. The Bertz CT molecular complexity index is 822. The van der Waals surface area contributed by atoms with Crippen LogP contribution in [-0.4, -0.2) is 35.8 Å². The fourth-order valence-electron chi connectivity index (χ4n) is 4.75. The lowest BCUT2D eigenvalue weighted by atomic mass is 9.59. The van der Waals surface area contributed by atoms with E-state index in [1.807, 2.05) is 49.9 Å². The first kappa shape index (κ1) is 20.0. The van der Waals surface area contributed by atoms with Crippen LogP contribution in [0.5, 0.6) is 0 Å². The van der Waals surface area contributed by atoms with Gasteiger partial charge in [-0.15, -0.1) is 0 Å². The standard InChI is InChI=1S/C25H31NO3/c1-24(2,3)29-23(27)26-16-22(20-12-8-5-9-13-20)25(18-26)14-21(15-25)28-17-19-10-6-4-7-11-19/h4-13,21-22H,14-18H2,1-3H3. The first-order valence-corrected chi connectivity index (χ1v) is 10.5. The van der Waals surface area contributed by atoms with Crippen molar-refractivity contribution in [1.29, 1.82) is 0 Å². The summed E-state index contributed by atoms with van der Waals surface area (Å²) >= 11 is 0. The van der Waals surface area contributed by atoms with Crippen LogP contribution in [0.25, 0.3) is 0 Å². The Morgan fingerprint density at radius 2 is 1.66 bits per heavy atom. The Labute approximate surface area is 173 Å². The number of ether oxygens (including phenoxy) is 2. The molecular formula is C25H31NO3. The monoisotopic (exact) mass is 393 g/mol. The largest absolute Gasteiger partial charge is 0.444 e. The zero-order chi connectivity index (χ0) is 20.5.